The molecule has 0 saturated carbocycles. The number of hydrogen-bond acceptors (Lipinski definition) is 3. The summed E-state index contributed by atoms with van der Waals surface area (Å²) in [6, 6.07) is 3.83. The van der Waals surface area contributed by atoms with E-state index in [1.165, 1.54) is 0 Å². The molecule has 1 aliphatic heterocycles. The zero-order valence-corrected chi connectivity index (χ0v) is 7.28. The van der Waals surface area contributed by atoms with Gasteiger partial charge in [-0.3, -0.25) is 4.98 Å². The molecule has 1 atom stereocenters. The molecule has 1 aromatic rings. The minimum Gasteiger partial charge on any atom is -0.439 e. The predicted molar refractivity (Wildman–Crippen MR) is 46.2 cm³/mol. The molecule has 1 amide bonds. The van der Waals surface area contributed by atoms with Crippen molar-refractivity contribution in [3.8, 4) is 0 Å². The van der Waals surface area contributed by atoms with Crippen molar-refractivity contribution >= 4 is 6.09 Å². The van der Waals surface area contributed by atoms with Crippen LogP contribution in [0.2, 0.25) is 0 Å². The highest BCUT2D eigenvalue weighted by Gasteiger charge is 2.23. The molecule has 68 valence electrons. The maximum atomic E-state index is 10.7. The van der Waals surface area contributed by atoms with Crippen molar-refractivity contribution in [2.24, 2.45) is 0 Å². The van der Waals surface area contributed by atoms with Gasteiger partial charge in [0.25, 0.3) is 0 Å². The fraction of sp³-hybridized carbons (Fsp3) is 0.333. The predicted octanol–water partition coefficient (Wildman–Crippen LogP) is 1.17. The highest BCUT2D eigenvalue weighted by atomic mass is 16.6. The van der Waals surface area contributed by atoms with E-state index in [-0.39, 0.29) is 12.2 Å². The van der Waals surface area contributed by atoms with Crippen molar-refractivity contribution in [2.45, 2.75) is 13.0 Å². The van der Waals surface area contributed by atoms with Gasteiger partial charge >= 0.3 is 6.09 Å². The molecule has 1 unspecified atom stereocenters. The van der Waals surface area contributed by atoms with Gasteiger partial charge in [0.1, 0.15) is 6.10 Å². The molecule has 1 N–H and O–H groups in total. The van der Waals surface area contributed by atoms with Crippen LogP contribution in [0.3, 0.4) is 0 Å². The first-order chi connectivity index (χ1) is 6.25. The van der Waals surface area contributed by atoms with Gasteiger partial charge in [-0.25, -0.2) is 4.79 Å². The number of aromatic nitrogens is 1. The van der Waals surface area contributed by atoms with Gasteiger partial charge < -0.3 is 10.1 Å². The summed E-state index contributed by atoms with van der Waals surface area (Å²) in [5.41, 5.74) is 1.89. The quantitative estimate of drug-likeness (QED) is 0.702. The van der Waals surface area contributed by atoms with E-state index in [0.717, 1.165) is 11.3 Å². The third-order valence-corrected chi connectivity index (χ3v) is 1.99. The number of pyridine rings is 1. The minimum atomic E-state index is -0.356. The van der Waals surface area contributed by atoms with E-state index >= 15 is 0 Å². The first kappa shape index (κ1) is 8.04. The van der Waals surface area contributed by atoms with Crippen LogP contribution in [0.15, 0.2) is 18.3 Å². The van der Waals surface area contributed by atoms with Crippen molar-refractivity contribution in [3.05, 3.63) is 29.6 Å². The van der Waals surface area contributed by atoms with Gasteiger partial charge in [0.2, 0.25) is 0 Å². The Labute approximate surface area is 75.9 Å². The smallest absolute Gasteiger partial charge is 0.407 e. The number of carbonyl (C=O) groups excluding carboxylic acids is 1. The molecule has 0 aromatic carbocycles. The second-order valence-electron chi connectivity index (χ2n) is 3.01. The lowest BCUT2D eigenvalue weighted by Gasteiger charge is -2.06. The Hall–Kier alpha value is -1.58. The van der Waals surface area contributed by atoms with Gasteiger partial charge in [0.05, 0.1) is 6.54 Å². The number of nitrogens with one attached hydrogen (secondary N) is 1. The maximum absolute atomic E-state index is 10.7. The van der Waals surface area contributed by atoms with Gasteiger partial charge in [-0.2, -0.15) is 0 Å². The Morgan fingerprint density at radius 2 is 2.46 bits per heavy atom. The minimum absolute atomic E-state index is 0.180. The molecule has 0 aliphatic carbocycles. The first-order valence-corrected chi connectivity index (χ1v) is 4.13. The standard InChI is InChI=1S/C9H10N2O2/c1-6-2-3-7(4-10-6)8-5-11-9(12)13-8/h2-4,8H,5H2,1H3,(H,11,12). The number of alkyl carbamates (subject to hydrolysis) is 1. The molecule has 0 bridgehead atoms. The third kappa shape index (κ3) is 1.61. The lowest BCUT2D eigenvalue weighted by Crippen LogP contribution is -2.12. The molecule has 0 spiro atoms. The Bertz CT molecular complexity index is 321. The molecular weight excluding hydrogens is 168 g/mol. The summed E-state index contributed by atoms with van der Waals surface area (Å²) in [4.78, 5) is 14.9. The molecule has 0 radical (unpaired) electrons. The van der Waals surface area contributed by atoms with Gasteiger partial charge in [-0.15, -0.1) is 0 Å². The number of carbonyl (C=O) groups is 1. The molecule has 13 heavy (non-hydrogen) atoms. The Balaban J connectivity index is 2.17. The Kier molecular flexibility index (Phi) is 1.88. The fourth-order valence-corrected chi connectivity index (χ4v) is 1.24. The summed E-state index contributed by atoms with van der Waals surface area (Å²) in [6.45, 7) is 2.45. The number of rotatable bonds is 1. The Morgan fingerprint density at radius 1 is 1.62 bits per heavy atom. The van der Waals surface area contributed by atoms with Crippen LogP contribution in [0.1, 0.15) is 17.4 Å². The van der Waals surface area contributed by atoms with E-state index in [0.29, 0.717) is 6.54 Å². The molecule has 1 aliphatic rings. The summed E-state index contributed by atoms with van der Waals surface area (Å²) in [5.74, 6) is 0. The zero-order chi connectivity index (χ0) is 9.26. The molecule has 2 heterocycles. The number of aryl methyl sites for hydroxylation is 1. The highest BCUT2D eigenvalue weighted by molar-refractivity contribution is 5.69. The van der Waals surface area contributed by atoms with Crippen LogP contribution in [0, 0.1) is 6.92 Å². The van der Waals surface area contributed by atoms with Gasteiger partial charge in [-0.05, 0) is 13.0 Å². The van der Waals surface area contributed by atoms with Crippen LogP contribution < -0.4 is 5.32 Å². The van der Waals surface area contributed by atoms with Crippen LogP contribution in [0.25, 0.3) is 0 Å². The van der Waals surface area contributed by atoms with E-state index in [9.17, 15) is 4.79 Å². The second-order valence-corrected chi connectivity index (χ2v) is 3.01. The van der Waals surface area contributed by atoms with Crippen molar-refractivity contribution in [2.75, 3.05) is 6.54 Å². The number of hydrogen-bond donors (Lipinski definition) is 1. The van der Waals surface area contributed by atoms with Crippen molar-refractivity contribution in [3.63, 3.8) is 0 Å². The molecule has 1 saturated heterocycles. The van der Waals surface area contributed by atoms with E-state index in [2.05, 4.69) is 10.3 Å². The van der Waals surface area contributed by atoms with Crippen LogP contribution in [-0.2, 0) is 4.74 Å². The largest absolute Gasteiger partial charge is 0.439 e. The average molecular weight is 178 g/mol. The summed E-state index contributed by atoms with van der Waals surface area (Å²) in [6.07, 6.45) is 1.20. The van der Waals surface area contributed by atoms with Crippen LogP contribution >= 0.6 is 0 Å². The SMILES string of the molecule is Cc1ccc(C2CNC(=O)O2)cn1. The second kappa shape index (κ2) is 3.05. The summed E-state index contributed by atoms with van der Waals surface area (Å²) < 4.78 is 5.00. The van der Waals surface area contributed by atoms with Crippen molar-refractivity contribution < 1.29 is 9.53 Å². The van der Waals surface area contributed by atoms with Gasteiger partial charge in [0.15, 0.2) is 0 Å². The van der Waals surface area contributed by atoms with E-state index in [4.69, 9.17) is 4.74 Å². The molecule has 1 fully saturated rings. The fourth-order valence-electron chi connectivity index (χ4n) is 1.24. The lowest BCUT2D eigenvalue weighted by atomic mass is 10.1. The number of nitrogens with zero attached hydrogens (tertiary/aromatic N) is 1. The van der Waals surface area contributed by atoms with Gasteiger partial charge in [0, 0.05) is 17.5 Å². The van der Waals surface area contributed by atoms with Crippen LogP contribution in [-0.4, -0.2) is 17.6 Å². The van der Waals surface area contributed by atoms with Crippen LogP contribution in [0.5, 0.6) is 0 Å². The maximum Gasteiger partial charge on any atom is 0.407 e. The number of amides is 1. The highest BCUT2D eigenvalue weighted by Crippen LogP contribution is 2.19. The van der Waals surface area contributed by atoms with E-state index in [1.54, 1.807) is 6.20 Å². The van der Waals surface area contributed by atoms with E-state index in [1.807, 2.05) is 19.1 Å². The molecule has 4 heteroatoms. The number of cyclic esters (lactones) is 1. The average Bonchev–Trinajstić information content (AvgIpc) is 2.53. The summed E-state index contributed by atoms with van der Waals surface area (Å²) in [7, 11) is 0. The lowest BCUT2D eigenvalue weighted by molar-refractivity contribution is 0.141. The first-order valence-electron chi connectivity index (χ1n) is 4.13. The number of ether oxygens (including phenoxy) is 1. The van der Waals surface area contributed by atoms with Crippen molar-refractivity contribution in [1.82, 2.24) is 10.3 Å². The van der Waals surface area contributed by atoms with Crippen LogP contribution in [0.4, 0.5) is 4.79 Å². The molecular formula is C9H10N2O2. The summed E-state index contributed by atoms with van der Waals surface area (Å²) in [5, 5.41) is 2.59. The molecule has 4 nitrogen and oxygen atoms in total. The Morgan fingerprint density at radius 3 is 3.00 bits per heavy atom. The third-order valence-electron chi connectivity index (χ3n) is 1.99. The monoisotopic (exact) mass is 178 g/mol. The zero-order valence-electron chi connectivity index (χ0n) is 7.28. The normalized spacial score (nSPS) is 21.0. The molecule has 2 rings (SSSR count). The van der Waals surface area contributed by atoms with Crippen molar-refractivity contribution in [1.29, 1.82) is 0 Å². The van der Waals surface area contributed by atoms with Gasteiger partial charge in [-0.1, -0.05) is 6.07 Å². The topological polar surface area (TPSA) is 51.2 Å². The molecule has 1 aromatic heterocycles. The van der Waals surface area contributed by atoms with E-state index < -0.39 is 0 Å². The summed E-state index contributed by atoms with van der Waals surface area (Å²) >= 11 is 0.